The largest absolute Gasteiger partial charge is 0.389 e. The molecule has 0 bridgehead atoms. The molecule has 0 atom stereocenters. The smallest absolute Gasteiger partial charge is 0.224 e. The monoisotopic (exact) mass is 294 g/mol. The van der Waals surface area contributed by atoms with Crippen LogP contribution in [0.25, 0.3) is 0 Å². The molecule has 0 radical (unpaired) electrons. The van der Waals surface area contributed by atoms with Gasteiger partial charge in [-0.25, -0.2) is 4.39 Å². The minimum absolute atomic E-state index is 0.0546. The van der Waals surface area contributed by atoms with Crippen LogP contribution in [-0.4, -0.2) is 10.9 Å². The van der Waals surface area contributed by atoms with E-state index in [4.69, 9.17) is 18.0 Å². The van der Waals surface area contributed by atoms with Crippen molar-refractivity contribution in [2.75, 3.05) is 5.32 Å². The van der Waals surface area contributed by atoms with Gasteiger partial charge < -0.3 is 11.1 Å². The van der Waals surface area contributed by atoms with Crippen LogP contribution >= 0.6 is 12.2 Å². The molecule has 5 heteroatoms. The summed E-state index contributed by atoms with van der Waals surface area (Å²) >= 11 is 4.88. The Morgan fingerprint density at radius 3 is 2.70 bits per heavy atom. The lowest BCUT2D eigenvalue weighted by Crippen LogP contribution is -2.21. The Bertz CT molecular complexity index is 513. The van der Waals surface area contributed by atoms with Gasteiger partial charge >= 0.3 is 0 Å². The van der Waals surface area contributed by atoms with E-state index in [1.54, 1.807) is 0 Å². The second-order valence-corrected chi connectivity index (χ2v) is 5.75. The molecule has 108 valence electrons. The summed E-state index contributed by atoms with van der Waals surface area (Å²) in [7, 11) is 0. The van der Waals surface area contributed by atoms with Gasteiger partial charge in [-0.05, 0) is 37.0 Å². The predicted molar refractivity (Wildman–Crippen MR) is 82.1 cm³/mol. The van der Waals surface area contributed by atoms with Crippen molar-refractivity contribution < 1.29 is 9.18 Å². The van der Waals surface area contributed by atoms with Crippen molar-refractivity contribution in [3.63, 3.8) is 0 Å². The van der Waals surface area contributed by atoms with Crippen LogP contribution in [0.2, 0.25) is 0 Å². The van der Waals surface area contributed by atoms with Crippen LogP contribution in [0, 0.1) is 11.7 Å². The number of carbonyl (C=O) groups excluding carboxylic acids is 1. The Morgan fingerprint density at radius 2 is 2.05 bits per heavy atom. The molecule has 3 N–H and O–H groups in total. The number of hydrogen-bond donors (Lipinski definition) is 2. The van der Waals surface area contributed by atoms with Crippen LogP contribution in [0.4, 0.5) is 10.1 Å². The number of thiocarbonyl (C=S) groups is 1. The second kappa shape index (κ2) is 6.79. The molecular weight excluding hydrogens is 275 g/mol. The van der Waals surface area contributed by atoms with E-state index in [2.05, 4.69) is 5.32 Å². The van der Waals surface area contributed by atoms with E-state index in [1.165, 1.54) is 37.5 Å². The van der Waals surface area contributed by atoms with Crippen molar-refractivity contribution in [3.8, 4) is 0 Å². The summed E-state index contributed by atoms with van der Waals surface area (Å²) in [6.07, 6.45) is 6.40. The van der Waals surface area contributed by atoms with Crippen LogP contribution < -0.4 is 11.1 Å². The average molecular weight is 294 g/mol. The minimum Gasteiger partial charge on any atom is -0.389 e. The molecule has 1 aliphatic carbocycles. The number of hydrogen-bond acceptors (Lipinski definition) is 2. The van der Waals surface area contributed by atoms with Gasteiger partial charge in [-0.15, -0.1) is 0 Å². The molecule has 3 nitrogen and oxygen atoms in total. The highest BCUT2D eigenvalue weighted by Crippen LogP contribution is 2.27. The van der Waals surface area contributed by atoms with E-state index in [1.807, 2.05) is 0 Å². The number of benzene rings is 1. The molecule has 0 heterocycles. The Balaban J connectivity index is 2.01. The van der Waals surface area contributed by atoms with Crippen LogP contribution in [0.5, 0.6) is 0 Å². The lowest BCUT2D eigenvalue weighted by molar-refractivity contribution is -0.117. The normalized spacial score (nSPS) is 15.8. The summed E-state index contributed by atoms with van der Waals surface area (Å²) in [6.45, 7) is 0. The standard InChI is InChI=1S/C15H19FN2OS/c16-11-6-7-13(12(9-11)15(17)20)18-14(19)8-10-4-2-1-3-5-10/h6-7,9-10H,1-5,8H2,(H2,17,20)(H,18,19). The van der Waals surface area contributed by atoms with E-state index in [9.17, 15) is 9.18 Å². The van der Waals surface area contributed by atoms with Crippen LogP contribution in [0.1, 0.15) is 44.1 Å². The third-order valence-electron chi connectivity index (χ3n) is 3.72. The number of carbonyl (C=O) groups is 1. The fourth-order valence-electron chi connectivity index (χ4n) is 2.68. The lowest BCUT2D eigenvalue weighted by atomic mass is 9.87. The van der Waals surface area contributed by atoms with Crippen molar-refractivity contribution in [1.29, 1.82) is 0 Å². The fourth-order valence-corrected chi connectivity index (χ4v) is 2.85. The summed E-state index contributed by atoms with van der Waals surface area (Å²) in [4.78, 5) is 12.1. The van der Waals surface area contributed by atoms with Crippen molar-refractivity contribution in [2.45, 2.75) is 38.5 Å². The minimum atomic E-state index is -0.418. The number of rotatable bonds is 4. The molecule has 0 spiro atoms. The van der Waals surface area contributed by atoms with Crippen molar-refractivity contribution in [1.82, 2.24) is 0 Å². The first-order chi connectivity index (χ1) is 9.56. The topological polar surface area (TPSA) is 55.1 Å². The zero-order chi connectivity index (χ0) is 14.5. The molecule has 0 unspecified atom stereocenters. The van der Waals surface area contributed by atoms with E-state index in [0.29, 0.717) is 23.6 Å². The van der Waals surface area contributed by atoms with Gasteiger partial charge in [0.1, 0.15) is 10.8 Å². The highest BCUT2D eigenvalue weighted by molar-refractivity contribution is 7.80. The van der Waals surface area contributed by atoms with Gasteiger partial charge in [0.2, 0.25) is 5.91 Å². The second-order valence-electron chi connectivity index (χ2n) is 5.31. The predicted octanol–water partition coefficient (Wildman–Crippen LogP) is 3.37. The zero-order valence-electron chi connectivity index (χ0n) is 11.3. The van der Waals surface area contributed by atoms with Gasteiger partial charge in [0.25, 0.3) is 0 Å². The first-order valence-electron chi connectivity index (χ1n) is 6.95. The molecule has 20 heavy (non-hydrogen) atoms. The van der Waals surface area contributed by atoms with E-state index >= 15 is 0 Å². The molecule has 0 saturated heterocycles. The number of nitrogens with two attached hydrogens (primary N) is 1. The van der Waals surface area contributed by atoms with Gasteiger partial charge in [0, 0.05) is 12.0 Å². The molecule has 0 aromatic heterocycles. The SMILES string of the molecule is NC(=S)c1cc(F)ccc1NC(=O)CC1CCCCC1. The zero-order valence-corrected chi connectivity index (χ0v) is 12.1. The highest BCUT2D eigenvalue weighted by Gasteiger charge is 2.18. The summed E-state index contributed by atoms with van der Waals surface area (Å²) in [5, 5.41) is 2.79. The number of halogens is 1. The maximum atomic E-state index is 13.2. The van der Waals surface area contributed by atoms with Gasteiger partial charge in [-0.3, -0.25) is 4.79 Å². The molecule has 1 fully saturated rings. The van der Waals surface area contributed by atoms with Gasteiger partial charge in [-0.1, -0.05) is 31.5 Å². The van der Waals surface area contributed by atoms with Gasteiger partial charge in [0.15, 0.2) is 0 Å². The highest BCUT2D eigenvalue weighted by atomic mass is 32.1. The molecule has 1 saturated carbocycles. The van der Waals surface area contributed by atoms with Gasteiger partial charge in [-0.2, -0.15) is 0 Å². The lowest BCUT2D eigenvalue weighted by Gasteiger charge is -2.21. The van der Waals surface area contributed by atoms with E-state index in [-0.39, 0.29) is 10.9 Å². The quantitative estimate of drug-likeness (QED) is 0.837. The van der Waals surface area contributed by atoms with Crippen LogP contribution in [-0.2, 0) is 4.79 Å². The number of nitrogens with one attached hydrogen (secondary N) is 1. The Hall–Kier alpha value is -1.49. The maximum absolute atomic E-state index is 13.2. The maximum Gasteiger partial charge on any atom is 0.224 e. The molecule has 2 rings (SSSR count). The van der Waals surface area contributed by atoms with Crippen molar-refractivity contribution in [3.05, 3.63) is 29.6 Å². The third kappa shape index (κ3) is 4.00. The molecule has 1 amide bonds. The number of amides is 1. The first-order valence-corrected chi connectivity index (χ1v) is 7.36. The molecule has 1 aromatic rings. The number of anilines is 1. The van der Waals surface area contributed by atoms with Crippen molar-refractivity contribution in [2.24, 2.45) is 11.7 Å². The summed E-state index contributed by atoms with van der Waals surface area (Å²) in [5.74, 6) is -0.0171. The fraction of sp³-hybridized carbons (Fsp3) is 0.467. The third-order valence-corrected chi connectivity index (χ3v) is 3.94. The van der Waals surface area contributed by atoms with Crippen LogP contribution in [0.15, 0.2) is 18.2 Å². The Kier molecular flexibility index (Phi) is 5.06. The Morgan fingerprint density at radius 1 is 1.35 bits per heavy atom. The Labute approximate surface area is 123 Å². The summed E-state index contributed by atoms with van der Waals surface area (Å²) in [6, 6.07) is 4.04. The molecular formula is C15H19FN2OS. The summed E-state index contributed by atoms with van der Waals surface area (Å²) in [5.41, 5.74) is 6.41. The molecule has 1 aromatic carbocycles. The molecule has 0 aliphatic heterocycles. The van der Waals surface area contributed by atoms with E-state index < -0.39 is 5.82 Å². The summed E-state index contributed by atoms with van der Waals surface area (Å²) < 4.78 is 13.2. The van der Waals surface area contributed by atoms with Crippen LogP contribution in [0.3, 0.4) is 0 Å². The van der Waals surface area contributed by atoms with Gasteiger partial charge in [0.05, 0.1) is 5.69 Å². The van der Waals surface area contributed by atoms with E-state index in [0.717, 1.165) is 12.8 Å². The van der Waals surface area contributed by atoms with Crippen molar-refractivity contribution >= 4 is 28.8 Å². The molecule has 1 aliphatic rings. The first kappa shape index (κ1) is 14.9. The average Bonchev–Trinajstić information content (AvgIpc) is 2.41.